The van der Waals surface area contributed by atoms with Gasteiger partial charge in [0.2, 0.25) is 0 Å². The standard InChI is InChI=1S/C6H3ClN4S2/c7-4-5(12-13-11-4)10-6-8-2-1-3-9-6/h1-3H/b10-5+. The predicted octanol–water partition coefficient (Wildman–Crippen LogP) is 1.88. The van der Waals surface area contributed by atoms with Crippen LogP contribution in [0.3, 0.4) is 0 Å². The Morgan fingerprint density at radius 1 is 1.31 bits per heavy atom. The molecule has 66 valence electrons. The minimum atomic E-state index is 0.404. The van der Waals surface area contributed by atoms with Crippen molar-refractivity contribution in [3.05, 3.63) is 28.3 Å². The van der Waals surface area contributed by atoms with Gasteiger partial charge in [-0.15, -0.1) is 0 Å². The molecule has 2 rings (SSSR count). The summed E-state index contributed by atoms with van der Waals surface area (Å²) in [6.45, 7) is 0. The van der Waals surface area contributed by atoms with Crippen molar-refractivity contribution >= 4 is 38.4 Å². The lowest BCUT2D eigenvalue weighted by molar-refractivity contribution is 1.11. The SMILES string of the molecule is Clc1nss/c1=N/c1ncccn1. The number of nitrogens with zero attached hydrogens (tertiary/aromatic N) is 4. The first-order valence-electron chi connectivity index (χ1n) is 3.29. The van der Waals surface area contributed by atoms with E-state index in [1.807, 2.05) is 0 Å². The van der Waals surface area contributed by atoms with E-state index in [0.717, 1.165) is 0 Å². The number of rotatable bonds is 1. The van der Waals surface area contributed by atoms with E-state index in [2.05, 4.69) is 19.3 Å². The molecular weight excluding hydrogens is 228 g/mol. The van der Waals surface area contributed by atoms with Crippen LogP contribution in [0.15, 0.2) is 23.5 Å². The van der Waals surface area contributed by atoms with Crippen molar-refractivity contribution in [1.29, 1.82) is 0 Å². The summed E-state index contributed by atoms with van der Waals surface area (Å²) in [7, 11) is 2.69. The molecule has 0 unspecified atom stereocenters. The van der Waals surface area contributed by atoms with E-state index < -0.39 is 0 Å². The Labute approximate surface area is 86.2 Å². The average Bonchev–Trinajstić information content (AvgIpc) is 2.54. The van der Waals surface area contributed by atoms with Gasteiger partial charge in [-0.2, -0.15) is 9.37 Å². The molecule has 0 saturated heterocycles. The van der Waals surface area contributed by atoms with Crippen LogP contribution in [0, 0.1) is 0 Å². The second kappa shape index (κ2) is 3.91. The normalized spacial score (nSPS) is 11.9. The third-order valence-corrected chi connectivity index (χ3v) is 3.33. The largest absolute Gasteiger partial charge is 0.250 e. The molecule has 2 heterocycles. The maximum absolute atomic E-state index is 5.75. The van der Waals surface area contributed by atoms with Crippen LogP contribution < -0.4 is 4.67 Å². The summed E-state index contributed by atoms with van der Waals surface area (Å²) in [5.41, 5.74) is 0. The van der Waals surface area contributed by atoms with Gasteiger partial charge in [-0.25, -0.2) is 9.97 Å². The molecule has 0 spiro atoms. The second-order valence-electron chi connectivity index (χ2n) is 2.01. The third-order valence-electron chi connectivity index (χ3n) is 1.16. The molecular formula is C6H3ClN4S2. The number of halogens is 1. The van der Waals surface area contributed by atoms with E-state index in [-0.39, 0.29) is 0 Å². The van der Waals surface area contributed by atoms with Gasteiger partial charge in [0.25, 0.3) is 5.95 Å². The van der Waals surface area contributed by atoms with E-state index in [1.54, 1.807) is 18.5 Å². The summed E-state index contributed by atoms with van der Waals surface area (Å²) < 4.78 is 4.54. The van der Waals surface area contributed by atoms with Crippen LogP contribution in [0.25, 0.3) is 0 Å². The Kier molecular flexibility index (Phi) is 2.62. The van der Waals surface area contributed by atoms with Gasteiger partial charge in [0, 0.05) is 22.9 Å². The fourth-order valence-electron chi connectivity index (χ4n) is 0.665. The first-order chi connectivity index (χ1) is 6.36. The zero-order valence-electron chi connectivity index (χ0n) is 6.22. The number of aromatic nitrogens is 3. The highest BCUT2D eigenvalue weighted by Crippen LogP contribution is 2.07. The van der Waals surface area contributed by atoms with Crippen molar-refractivity contribution in [3.8, 4) is 0 Å². The fourth-order valence-corrected chi connectivity index (χ4v) is 2.63. The number of hydrogen-bond acceptors (Lipinski definition) is 6. The molecule has 0 fully saturated rings. The maximum Gasteiger partial charge on any atom is 0.250 e. The van der Waals surface area contributed by atoms with Crippen molar-refractivity contribution in [1.82, 2.24) is 14.3 Å². The maximum atomic E-state index is 5.75. The smallest absolute Gasteiger partial charge is 0.220 e. The molecule has 13 heavy (non-hydrogen) atoms. The molecule has 0 aliphatic rings. The van der Waals surface area contributed by atoms with Crippen LogP contribution in [0.5, 0.6) is 0 Å². The Morgan fingerprint density at radius 2 is 2.08 bits per heavy atom. The van der Waals surface area contributed by atoms with Crippen molar-refractivity contribution in [3.63, 3.8) is 0 Å². The van der Waals surface area contributed by atoms with Gasteiger partial charge in [-0.3, -0.25) is 0 Å². The summed E-state index contributed by atoms with van der Waals surface area (Å²) in [6.07, 6.45) is 3.26. The first kappa shape index (κ1) is 8.74. The lowest BCUT2D eigenvalue weighted by Gasteiger charge is -1.85. The quantitative estimate of drug-likeness (QED) is 0.703. The lowest BCUT2D eigenvalue weighted by atomic mass is 10.7. The first-order valence-corrected chi connectivity index (χ1v) is 5.78. The van der Waals surface area contributed by atoms with E-state index in [9.17, 15) is 0 Å². The highest BCUT2D eigenvalue weighted by atomic mass is 35.5. The zero-order chi connectivity index (χ0) is 9.10. The van der Waals surface area contributed by atoms with Crippen LogP contribution in [0.4, 0.5) is 5.95 Å². The second-order valence-corrected chi connectivity index (χ2v) is 4.20. The average molecular weight is 231 g/mol. The molecule has 0 atom stereocenters. The predicted molar refractivity (Wildman–Crippen MR) is 52.3 cm³/mol. The molecule has 2 aromatic heterocycles. The van der Waals surface area contributed by atoms with Crippen molar-refractivity contribution < 1.29 is 0 Å². The molecule has 0 bridgehead atoms. The van der Waals surface area contributed by atoms with Gasteiger partial charge in [0.05, 0.1) is 0 Å². The summed E-state index contributed by atoms with van der Waals surface area (Å²) >= 11 is 5.75. The Balaban J connectivity index is 2.48. The van der Waals surface area contributed by atoms with Crippen LogP contribution in [-0.4, -0.2) is 14.3 Å². The van der Waals surface area contributed by atoms with Gasteiger partial charge < -0.3 is 0 Å². The molecule has 4 nitrogen and oxygen atoms in total. The fraction of sp³-hybridized carbons (Fsp3) is 0. The van der Waals surface area contributed by atoms with E-state index in [4.69, 9.17) is 11.6 Å². The molecule has 0 N–H and O–H groups in total. The van der Waals surface area contributed by atoms with Crippen molar-refractivity contribution in [2.45, 2.75) is 0 Å². The summed E-state index contributed by atoms with van der Waals surface area (Å²) in [4.78, 5) is 12.0. The van der Waals surface area contributed by atoms with Crippen LogP contribution >= 0.6 is 32.5 Å². The summed E-state index contributed by atoms with van der Waals surface area (Å²) in [5.74, 6) is 0.404. The minimum absolute atomic E-state index is 0.404. The molecule has 7 heteroatoms. The van der Waals surface area contributed by atoms with E-state index >= 15 is 0 Å². The summed E-state index contributed by atoms with van der Waals surface area (Å²) in [5, 5.41) is 0.405. The van der Waals surface area contributed by atoms with Crippen molar-refractivity contribution in [2.24, 2.45) is 4.99 Å². The van der Waals surface area contributed by atoms with Gasteiger partial charge in [0.1, 0.15) is 0 Å². The van der Waals surface area contributed by atoms with Crippen LogP contribution in [0.2, 0.25) is 5.15 Å². The summed E-state index contributed by atoms with van der Waals surface area (Å²) in [6, 6.07) is 1.73. The highest BCUT2D eigenvalue weighted by Gasteiger charge is 1.97. The van der Waals surface area contributed by atoms with Crippen LogP contribution in [-0.2, 0) is 0 Å². The van der Waals surface area contributed by atoms with E-state index in [1.165, 1.54) is 20.9 Å². The lowest BCUT2D eigenvalue weighted by Crippen LogP contribution is -1.94. The molecule has 2 aromatic rings. The Bertz CT molecular complexity index is 449. The Morgan fingerprint density at radius 3 is 2.69 bits per heavy atom. The third kappa shape index (κ3) is 2.09. The molecule has 0 aromatic carbocycles. The Hall–Kier alpha value is -0.850. The topological polar surface area (TPSA) is 51.0 Å². The highest BCUT2D eigenvalue weighted by molar-refractivity contribution is 7.66. The molecule has 0 radical (unpaired) electrons. The van der Waals surface area contributed by atoms with Gasteiger partial charge in [-0.05, 0) is 16.4 Å². The molecule has 0 aliphatic heterocycles. The van der Waals surface area contributed by atoms with Gasteiger partial charge >= 0.3 is 0 Å². The van der Waals surface area contributed by atoms with Crippen LogP contribution in [0.1, 0.15) is 0 Å². The van der Waals surface area contributed by atoms with Gasteiger partial charge in [-0.1, -0.05) is 11.6 Å². The van der Waals surface area contributed by atoms with Crippen molar-refractivity contribution in [2.75, 3.05) is 0 Å². The molecule has 0 aliphatic carbocycles. The zero-order valence-corrected chi connectivity index (χ0v) is 8.60. The minimum Gasteiger partial charge on any atom is -0.220 e. The molecule has 0 amide bonds. The number of hydrogen-bond donors (Lipinski definition) is 0. The monoisotopic (exact) mass is 230 g/mol. The van der Waals surface area contributed by atoms with Gasteiger partial charge in [0.15, 0.2) is 9.82 Å². The molecule has 0 saturated carbocycles. The van der Waals surface area contributed by atoms with E-state index in [0.29, 0.717) is 15.8 Å².